The molecule has 2 aliphatic rings. The largest absolute Gasteiger partial charge is 0.369 e. The summed E-state index contributed by atoms with van der Waals surface area (Å²) in [6.07, 6.45) is 12.2. The van der Waals surface area contributed by atoms with Gasteiger partial charge in [0.1, 0.15) is 0 Å². The zero-order chi connectivity index (χ0) is 6.81. The van der Waals surface area contributed by atoms with Crippen LogP contribution in [-0.2, 0) is 4.74 Å². The Kier molecular flexibility index (Phi) is 1.76. The van der Waals surface area contributed by atoms with Crippen LogP contribution in [0.25, 0.3) is 0 Å². The zero-order valence-corrected chi connectivity index (χ0v) is 6.25. The predicted molar refractivity (Wildman–Crippen MR) is 40.9 cm³/mol. The maximum Gasteiger partial charge on any atom is 0.0876 e. The minimum Gasteiger partial charge on any atom is -0.369 e. The van der Waals surface area contributed by atoms with Crippen molar-refractivity contribution in [2.45, 2.75) is 44.3 Å². The third kappa shape index (κ3) is 1.40. The van der Waals surface area contributed by atoms with Crippen LogP contribution in [0.1, 0.15) is 32.1 Å². The lowest BCUT2D eigenvalue weighted by Crippen LogP contribution is -1.90. The lowest BCUT2D eigenvalue weighted by molar-refractivity contribution is 0.358. The maximum atomic E-state index is 5.44. The summed E-state index contributed by atoms with van der Waals surface area (Å²) < 4.78 is 5.44. The first-order valence-corrected chi connectivity index (χ1v) is 4.27. The van der Waals surface area contributed by atoms with Crippen molar-refractivity contribution in [1.29, 1.82) is 0 Å². The molecule has 2 rings (SSSR count). The average Bonchev–Trinajstić information content (AvgIpc) is 2.66. The summed E-state index contributed by atoms with van der Waals surface area (Å²) in [6.45, 7) is 0. The van der Waals surface area contributed by atoms with E-state index in [-0.39, 0.29) is 0 Å². The van der Waals surface area contributed by atoms with Gasteiger partial charge in [0.05, 0.1) is 12.2 Å². The molecule has 1 aliphatic carbocycles. The van der Waals surface area contributed by atoms with E-state index in [2.05, 4.69) is 12.2 Å². The van der Waals surface area contributed by atoms with E-state index >= 15 is 0 Å². The summed E-state index contributed by atoms with van der Waals surface area (Å²) >= 11 is 0. The number of allylic oxidation sites excluding steroid dienone is 1. The second kappa shape index (κ2) is 2.75. The second-order valence-corrected chi connectivity index (χ2v) is 3.20. The zero-order valence-electron chi connectivity index (χ0n) is 6.25. The summed E-state index contributed by atoms with van der Waals surface area (Å²) in [5.74, 6) is 0. The van der Waals surface area contributed by atoms with Crippen LogP contribution in [0.4, 0.5) is 0 Å². The molecule has 0 bridgehead atoms. The van der Waals surface area contributed by atoms with Crippen molar-refractivity contribution in [3.8, 4) is 0 Å². The number of rotatable bonds is 0. The van der Waals surface area contributed by atoms with Crippen LogP contribution in [0.2, 0.25) is 0 Å². The SMILES string of the molecule is C1=CCC2OC2CCCC1. The highest BCUT2D eigenvalue weighted by Gasteiger charge is 2.36. The van der Waals surface area contributed by atoms with Crippen molar-refractivity contribution in [1.82, 2.24) is 0 Å². The van der Waals surface area contributed by atoms with E-state index in [1.54, 1.807) is 0 Å². The Balaban J connectivity index is 1.87. The predicted octanol–water partition coefficient (Wildman–Crippen LogP) is 2.27. The molecule has 0 aromatic rings. The van der Waals surface area contributed by atoms with Gasteiger partial charge in [-0.2, -0.15) is 0 Å². The van der Waals surface area contributed by atoms with Gasteiger partial charge in [-0.3, -0.25) is 0 Å². The summed E-state index contributed by atoms with van der Waals surface area (Å²) in [6, 6.07) is 0. The number of hydrogen-bond donors (Lipinski definition) is 0. The van der Waals surface area contributed by atoms with E-state index in [4.69, 9.17) is 4.74 Å². The number of hydrogen-bond acceptors (Lipinski definition) is 1. The summed E-state index contributed by atoms with van der Waals surface area (Å²) in [5.41, 5.74) is 0. The Morgan fingerprint density at radius 3 is 3.10 bits per heavy atom. The van der Waals surface area contributed by atoms with Crippen LogP contribution < -0.4 is 0 Å². The van der Waals surface area contributed by atoms with E-state index < -0.39 is 0 Å². The Bertz CT molecular complexity index is 140. The van der Waals surface area contributed by atoms with Crippen molar-refractivity contribution in [3.63, 3.8) is 0 Å². The molecule has 0 saturated carbocycles. The third-order valence-corrected chi connectivity index (χ3v) is 2.33. The molecule has 1 heterocycles. The fourth-order valence-electron chi connectivity index (χ4n) is 1.60. The molecule has 1 aliphatic heterocycles. The van der Waals surface area contributed by atoms with Gasteiger partial charge in [0.15, 0.2) is 0 Å². The normalized spacial score (nSPS) is 39.2. The molecule has 1 fully saturated rings. The van der Waals surface area contributed by atoms with Crippen LogP contribution in [0.3, 0.4) is 0 Å². The standard InChI is InChI=1S/C9H14O/c1-2-4-6-8-9(10-8)7-5-3-1/h2,4,8-9H,1,3,5-7H2. The highest BCUT2D eigenvalue weighted by molar-refractivity contribution is 4.95. The molecular formula is C9H14O. The Morgan fingerprint density at radius 1 is 1.10 bits per heavy atom. The fourth-order valence-corrected chi connectivity index (χ4v) is 1.60. The molecule has 2 atom stereocenters. The Labute approximate surface area is 62.1 Å². The molecule has 2 unspecified atom stereocenters. The van der Waals surface area contributed by atoms with Gasteiger partial charge in [-0.25, -0.2) is 0 Å². The van der Waals surface area contributed by atoms with Gasteiger partial charge in [-0.15, -0.1) is 0 Å². The van der Waals surface area contributed by atoms with Gasteiger partial charge in [0, 0.05) is 0 Å². The minimum absolute atomic E-state index is 0.592. The molecule has 0 amide bonds. The van der Waals surface area contributed by atoms with Crippen molar-refractivity contribution < 1.29 is 4.74 Å². The first kappa shape index (κ1) is 6.41. The van der Waals surface area contributed by atoms with E-state index in [0.717, 1.165) is 6.42 Å². The van der Waals surface area contributed by atoms with Crippen LogP contribution in [0, 0.1) is 0 Å². The third-order valence-electron chi connectivity index (χ3n) is 2.33. The molecule has 1 heteroatoms. The molecule has 56 valence electrons. The number of fused-ring (bicyclic) bond motifs is 1. The monoisotopic (exact) mass is 138 g/mol. The van der Waals surface area contributed by atoms with Crippen molar-refractivity contribution in [2.75, 3.05) is 0 Å². The maximum absolute atomic E-state index is 5.44. The topological polar surface area (TPSA) is 12.5 Å². The lowest BCUT2D eigenvalue weighted by Gasteiger charge is -1.91. The van der Waals surface area contributed by atoms with Gasteiger partial charge >= 0.3 is 0 Å². The molecular weight excluding hydrogens is 124 g/mol. The van der Waals surface area contributed by atoms with Crippen LogP contribution >= 0.6 is 0 Å². The van der Waals surface area contributed by atoms with Crippen molar-refractivity contribution >= 4 is 0 Å². The quantitative estimate of drug-likeness (QED) is 0.369. The average molecular weight is 138 g/mol. The first-order valence-electron chi connectivity index (χ1n) is 4.27. The molecule has 0 aromatic carbocycles. The highest BCUT2D eigenvalue weighted by atomic mass is 16.6. The van der Waals surface area contributed by atoms with Crippen molar-refractivity contribution in [3.05, 3.63) is 12.2 Å². The van der Waals surface area contributed by atoms with Gasteiger partial charge in [0.2, 0.25) is 0 Å². The van der Waals surface area contributed by atoms with Crippen LogP contribution in [0.5, 0.6) is 0 Å². The minimum atomic E-state index is 0.592. The molecule has 1 nitrogen and oxygen atoms in total. The van der Waals surface area contributed by atoms with Gasteiger partial charge in [-0.05, 0) is 25.7 Å². The molecule has 10 heavy (non-hydrogen) atoms. The molecule has 1 saturated heterocycles. The molecule has 0 N–H and O–H groups in total. The van der Waals surface area contributed by atoms with Gasteiger partial charge in [0.25, 0.3) is 0 Å². The summed E-state index contributed by atoms with van der Waals surface area (Å²) in [7, 11) is 0. The smallest absolute Gasteiger partial charge is 0.0876 e. The van der Waals surface area contributed by atoms with Gasteiger partial charge in [-0.1, -0.05) is 18.6 Å². The van der Waals surface area contributed by atoms with E-state index in [1.807, 2.05) is 0 Å². The summed E-state index contributed by atoms with van der Waals surface area (Å²) in [5, 5.41) is 0. The Hall–Kier alpha value is -0.300. The van der Waals surface area contributed by atoms with Crippen LogP contribution in [-0.4, -0.2) is 12.2 Å². The van der Waals surface area contributed by atoms with E-state index in [9.17, 15) is 0 Å². The lowest BCUT2D eigenvalue weighted by atomic mass is 10.1. The van der Waals surface area contributed by atoms with E-state index in [0.29, 0.717) is 12.2 Å². The summed E-state index contributed by atoms with van der Waals surface area (Å²) in [4.78, 5) is 0. The first-order chi connectivity index (χ1) is 4.97. The second-order valence-electron chi connectivity index (χ2n) is 3.20. The molecule has 0 spiro atoms. The van der Waals surface area contributed by atoms with E-state index in [1.165, 1.54) is 25.7 Å². The fraction of sp³-hybridized carbons (Fsp3) is 0.778. The number of ether oxygens (including phenoxy) is 1. The molecule has 0 aromatic heterocycles. The number of epoxide rings is 1. The molecule has 0 radical (unpaired) electrons. The van der Waals surface area contributed by atoms with Gasteiger partial charge < -0.3 is 4.74 Å². The van der Waals surface area contributed by atoms with Crippen LogP contribution in [0.15, 0.2) is 12.2 Å². The van der Waals surface area contributed by atoms with Crippen molar-refractivity contribution in [2.24, 2.45) is 0 Å². The Morgan fingerprint density at radius 2 is 2.10 bits per heavy atom. The highest BCUT2D eigenvalue weighted by Crippen LogP contribution is 2.31.